The minimum Gasteiger partial charge on any atom is -0.393 e. The molecule has 1 heterocycles. The van der Waals surface area contributed by atoms with E-state index in [1.54, 1.807) is 6.92 Å². The fourth-order valence-corrected chi connectivity index (χ4v) is 1.87. The van der Waals surface area contributed by atoms with Crippen molar-refractivity contribution in [2.75, 3.05) is 13.1 Å². The van der Waals surface area contributed by atoms with E-state index in [0.29, 0.717) is 25.9 Å². The fourth-order valence-electron chi connectivity index (χ4n) is 1.87. The summed E-state index contributed by atoms with van der Waals surface area (Å²) in [6, 6.07) is 0. The van der Waals surface area contributed by atoms with Crippen LogP contribution in [0.1, 0.15) is 33.6 Å². The molecule has 1 rings (SSSR count). The van der Waals surface area contributed by atoms with Crippen LogP contribution in [0, 0.1) is 0 Å². The van der Waals surface area contributed by atoms with Crippen molar-refractivity contribution >= 4 is 5.91 Å². The van der Waals surface area contributed by atoms with Gasteiger partial charge in [-0.3, -0.25) is 4.79 Å². The van der Waals surface area contributed by atoms with Crippen molar-refractivity contribution in [3.63, 3.8) is 0 Å². The van der Waals surface area contributed by atoms with Gasteiger partial charge in [0.2, 0.25) is 5.91 Å². The van der Waals surface area contributed by atoms with Crippen molar-refractivity contribution < 1.29 is 14.6 Å². The summed E-state index contributed by atoms with van der Waals surface area (Å²) in [5.74, 6) is 0.123. The Morgan fingerprint density at radius 1 is 1.47 bits per heavy atom. The number of rotatable bonds is 3. The second-order valence-electron chi connectivity index (χ2n) is 4.44. The van der Waals surface area contributed by atoms with E-state index in [9.17, 15) is 4.79 Å². The third-order valence-electron chi connectivity index (χ3n) is 2.55. The zero-order chi connectivity index (χ0) is 11.4. The number of amides is 1. The molecule has 0 aromatic carbocycles. The number of nitrogens with zero attached hydrogens (tertiary/aromatic N) is 1. The lowest BCUT2D eigenvalue weighted by atomic mass is 10.1. The molecule has 0 spiro atoms. The first-order chi connectivity index (χ1) is 6.99. The van der Waals surface area contributed by atoms with Gasteiger partial charge < -0.3 is 14.7 Å². The van der Waals surface area contributed by atoms with Crippen LogP contribution in [0.3, 0.4) is 0 Å². The molecular weight excluding hydrogens is 194 g/mol. The summed E-state index contributed by atoms with van der Waals surface area (Å²) < 4.78 is 5.55. The highest BCUT2D eigenvalue weighted by Crippen LogP contribution is 2.12. The van der Waals surface area contributed by atoms with E-state index in [-0.39, 0.29) is 18.1 Å². The van der Waals surface area contributed by atoms with Gasteiger partial charge >= 0.3 is 0 Å². The Bertz CT molecular complexity index is 208. The summed E-state index contributed by atoms with van der Waals surface area (Å²) in [5.41, 5.74) is 0. The van der Waals surface area contributed by atoms with Crippen molar-refractivity contribution in [1.82, 2.24) is 4.90 Å². The molecule has 0 bridgehead atoms. The van der Waals surface area contributed by atoms with Gasteiger partial charge in [-0.05, 0) is 27.2 Å². The van der Waals surface area contributed by atoms with Gasteiger partial charge in [-0.2, -0.15) is 0 Å². The Balaban J connectivity index is 2.38. The number of morpholine rings is 1. The Kier molecular flexibility index (Phi) is 4.54. The van der Waals surface area contributed by atoms with E-state index >= 15 is 0 Å². The number of aliphatic hydroxyl groups is 1. The lowest BCUT2D eigenvalue weighted by molar-refractivity contribution is -0.143. The zero-order valence-corrected chi connectivity index (χ0v) is 9.77. The monoisotopic (exact) mass is 215 g/mol. The van der Waals surface area contributed by atoms with E-state index in [1.807, 2.05) is 18.7 Å². The number of hydrogen-bond acceptors (Lipinski definition) is 3. The second kappa shape index (κ2) is 5.47. The summed E-state index contributed by atoms with van der Waals surface area (Å²) in [4.78, 5) is 13.6. The van der Waals surface area contributed by atoms with E-state index in [1.165, 1.54) is 0 Å². The average molecular weight is 215 g/mol. The summed E-state index contributed by atoms with van der Waals surface area (Å²) in [7, 11) is 0. The molecule has 1 N–H and O–H groups in total. The molecule has 1 fully saturated rings. The molecule has 0 aromatic rings. The Morgan fingerprint density at radius 3 is 2.47 bits per heavy atom. The SMILES string of the molecule is CC(O)CCC(=O)N1C[C@@H](C)O[C@@H](C)C1. The highest BCUT2D eigenvalue weighted by molar-refractivity contribution is 5.76. The quantitative estimate of drug-likeness (QED) is 0.757. The van der Waals surface area contributed by atoms with Gasteiger partial charge in [0.1, 0.15) is 0 Å². The third kappa shape index (κ3) is 4.18. The lowest BCUT2D eigenvalue weighted by Gasteiger charge is -2.35. The molecule has 0 aliphatic carbocycles. The number of carbonyl (C=O) groups is 1. The summed E-state index contributed by atoms with van der Waals surface area (Å²) in [6.45, 7) is 7.00. The molecular formula is C11H21NO3. The normalized spacial score (nSPS) is 28.9. The second-order valence-corrected chi connectivity index (χ2v) is 4.44. The minimum atomic E-state index is -0.398. The van der Waals surface area contributed by atoms with Crippen LogP contribution in [0.4, 0.5) is 0 Å². The predicted octanol–water partition coefficient (Wildman–Crippen LogP) is 0.783. The molecule has 1 aliphatic heterocycles. The topological polar surface area (TPSA) is 49.8 Å². The standard InChI is InChI=1S/C11H21NO3/c1-8(13)4-5-11(14)12-6-9(2)15-10(3)7-12/h8-10,13H,4-7H2,1-3H3/t8?,9-,10+. The van der Waals surface area contributed by atoms with Crippen LogP contribution in [-0.4, -0.2) is 47.3 Å². The summed E-state index contributed by atoms with van der Waals surface area (Å²) >= 11 is 0. The van der Waals surface area contributed by atoms with Gasteiger partial charge in [-0.15, -0.1) is 0 Å². The van der Waals surface area contributed by atoms with E-state index in [4.69, 9.17) is 9.84 Å². The number of aliphatic hydroxyl groups excluding tert-OH is 1. The van der Waals surface area contributed by atoms with Crippen molar-refractivity contribution in [2.24, 2.45) is 0 Å². The van der Waals surface area contributed by atoms with Crippen molar-refractivity contribution in [3.8, 4) is 0 Å². The molecule has 3 atom stereocenters. The highest BCUT2D eigenvalue weighted by Gasteiger charge is 2.25. The first kappa shape index (κ1) is 12.5. The van der Waals surface area contributed by atoms with Crippen molar-refractivity contribution in [1.29, 1.82) is 0 Å². The molecule has 0 aromatic heterocycles. The molecule has 1 amide bonds. The molecule has 0 radical (unpaired) electrons. The van der Waals surface area contributed by atoms with Crippen LogP contribution in [-0.2, 0) is 9.53 Å². The Hall–Kier alpha value is -0.610. The van der Waals surface area contributed by atoms with Crippen LogP contribution in [0.2, 0.25) is 0 Å². The van der Waals surface area contributed by atoms with E-state index in [0.717, 1.165) is 0 Å². The number of carbonyl (C=O) groups excluding carboxylic acids is 1. The molecule has 4 heteroatoms. The predicted molar refractivity (Wildman–Crippen MR) is 57.5 cm³/mol. The molecule has 4 nitrogen and oxygen atoms in total. The molecule has 15 heavy (non-hydrogen) atoms. The number of ether oxygens (including phenoxy) is 1. The summed E-state index contributed by atoms with van der Waals surface area (Å²) in [5, 5.41) is 9.11. The van der Waals surface area contributed by atoms with Gasteiger partial charge in [0, 0.05) is 19.5 Å². The first-order valence-corrected chi connectivity index (χ1v) is 5.60. The summed E-state index contributed by atoms with van der Waals surface area (Å²) in [6.07, 6.45) is 0.800. The minimum absolute atomic E-state index is 0.115. The Morgan fingerprint density at radius 2 is 2.00 bits per heavy atom. The first-order valence-electron chi connectivity index (χ1n) is 5.60. The van der Waals surface area contributed by atoms with Gasteiger partial charge in [-0.1, -0.05) is 0 Å². The maximum absolute atomic E-state index is 11.8. The fraction of sp³-hybridized carbons (Fsp3) is 0.909. The van der Waals surface area contributed by atoms with Crippen LogP contribution >= 0.6 is 0 Å². The van der Waals surface area contributed by atoms with Gasteiger partial charge in [0.25, 0.3) is 0 Å². The molecule has 1 unspecified atom stereocenters. The van der Waals surface area contributed by atoms with Crippen molar-refractivity contribution in [2.45, 2.75) is 51.9 Å². The number of hydrogen-bond donors (Lipinski definition) is 1. The largest absolute Gasteiger partial charge is 0.393 e. The molecule has 1 saturated heterocycles. The molecule has 0 saturated carbocycles. The zero-order valence-electron chi connectivity index (χ0n) is 9.77. The van der Waals surface area contributed by atoms with E-state index in [2.05, 4.69) is 0 Å². The van der Waals surface area contributed by atoms with Crippen LogP contribution < -0.4 is 0 Å². The smallest absolute Gasteiger partial charge is 0.222 e. The maximum atomic E-state index is 11.8. The van der Waals surface area contributed by atoms with Crippen LogP contribution in [0.15, 0.2) is 0 Å². The van der Waals surface area contributed by atoms with Gasteiger partial charge in [-0.25, -0.2) is 0 Å². The van der Waals surface area contributed by atoms with Crippen LogP contribution in [0.25, 0.3) is 0 Å². The van der Waals surface area contributed by atoms with Gasteiger partial charge in [0.15, 0.2) is 0 Å². The average Bonchev–Trinajstić information content (AvgIpc) is 2.12. The molecule has 88 valence electrons. The van der Waals surface area contributed by atoms with Crippen molar-refractivity contribution in [3.05, 3.63) is 0 Å². The molecule has 1 aliphatic rings. The van der Waals surface area contributed by atoms with Crippen LogP contribution in [0.5, 0.6) is 0 Å². The lowest BCUT2D eigenvalue weighted by Crippen LogP contribution is -2.48. The third-order valence-corrected chi connectivity index (χ3v) is 2.55. The Labute approximate surface area is 91.2 Å². The maximum Gasteiger partial charge on any atom is 0.222 e. The highest BCUT2D eigenvalue weighted by atomic mass is 16.5. The van der Waals surface area contributed by atoms with Gasteiger partial charge in [0.05, 0.1) is 18.3 Å². The van der Waals surface area contributed by atoms with E-state index < -0.39 is 6.10 Å².